The first-order chi connectivity index (χ1) is 8.51. The fraction of sp³-hybridized carbons (Fsp3) is 0.727. The summed E-state index contributed by atoms with van der Waals surface area (Å²) in [5.41, 5.74) is -0.0541. The Morgan fingerprint density at radius 3 is 2.61 bits per heavy atom. The summed E-state index contributed by atoms with van der Waals surface area (Å²) < 4.78 is 23.4. The van der Waals surface area contributed by atoms with Crippen LogP contribution in [0.2, 0.25) is 0 Å². The summed E-state index contributed by atoms with van der Waals surface area (Å²) in [4.78, 5) is 4.33. The molecule has 1 aromatic heterocycles. The third-order valence-corrected chi connectivity index (χ3v) is 8.40. The fourth-order valence-electron chi connectivity index (χ4n) is 2.41. The highest BCUT2D eigenvalue weighted by Gasteiger charge is 2.43. The fourth-order valence-corrected chi connectivity index (χ4v) is 7.37. The van der Waals surface area contributed by atoms with Gasteiger partial charge in [-0.3, -0.25) is 0 Å². The molecule has 1 fully saturated rings. The van der Waals surface area contributed by atoms with Crippen LogP contribution < -0.4 is 0 Å². The molecule has 0 spiro atoms. The maximum Gasteiger partial charge on any atom is 0.150 e. The predicted molar refractivity (Wildman–Crippen MR) is 82.6 cm³/mol. The second kappa shape index (κ2) is 5.89. The summed E-state index contributed by atoms with van der Waals surface area (Å²) in [6.07, 6.45) is 3.41. The van der Waals surface area contributed by atoms with Gasteiger partial charge in [0, 0.05) is 28.7 Å². The number of hydrogen-bond donors (Lipinski definition) is 0. The highest BCUT2D eigenvalue weighted by Crippen LogP contribution is 2.42. The molecule has 0 saturated carbocycles. The number of alkyl halides is 2. The number of aromatic nitrogens is 1. The van der Waals surface area contributed by atoms with Gasteiger partial charge in [-0.2, -0.15) is 0 Å². The molecule has 0 aliphatic carbocycles. The zero-order valence-electron chi connectivity index (χ0n) is 9.81. The molecule has 0 amide bonds. The highest BCUT2D eigenvalue weighted by atomic mass is 79.9. The number of sulfone groups is 1. The van der Waals surface area contributed by atoms with Crippen LogP contribution in [-0.2, 0) is 16.3 Å². The molecule has 1 saturated heterocycles. The Kier molecular flexibility index (Phi) is 4.89. The van der Waals surface area contributed by atoms with Crippen molar-refractivity contribution in [1.82, 2.24) is 4.98 Å². The van der Waals surface area contributed by atoms with Gasteiger partial charge in [0.2, 0.25) is 0 Å². The minimum atomic E-state index is -2.84. The van der Waals surface area contributed by atoms with Gasteiger partial charge in [-0.15, -0.1) is 11.3 Å². The molecule has 1 aliphatic heterocycles. The van der Waals surface area contributed by atoms with Crippen molar-refractivity contribution in [2.45, 2.75) is 12.8 Å². The van der Waals surface area contributed by atoms with E-state index in [1.54, 1.807) is 17.5 Å². The van der Waals surface area contributed by atoms with Gasteiger partial charge in [0.1, 0.15) is 0 Å². The Hall–Kier alpha value is 0.540. The second-order valence-corrected chi connectivity index (χ2v) is 9.16. The van der Waals surface area contributed by atoms with Crippen LogP contribution in [0.5, 0.6) is 0 Å². The molecule has 3 nitrogen and oxygen atoms in total. The Bertz CT molecular complexity index is 483. The van der Waals surface area contributed by atoms with Crippen LogP contribution in [0.3, 0.4) is 0 Å². The van der Waals surface area contributed by atoms with Crippen LogP contribution in [0, 0.1) is 11.3 Å². The van der Waals surface area contributed by atoms with E-state index < -0.39 is 9.84 Å². The first kappa shape index (κ1) is 14.9. The van der Waals surface area contributed by atoms with Gasteiger partial charge in [0.15, 0.2) is 9.84 Å². The number of nitrogens with zero attached hydrogens (tertiary/aromatic N) is 1. The molecule has 1 aliphatic rings. The van der Waals surface area contributed by atoms with E-state index in [2.05, 4.69) is 36.8 Å². The number of hydrogen-bond acceptors (Lipinski definition) is 4. The standard InChI is InChI=1S/C11H15Br2NO2S2/c12-7-11(8-13,5-10-14-2-3-17-10)9-1-4-18(15,16)6-9/h2-3,9H,1,4-8H2. The normalized spacial score (nSPS) is 23.3. The molecule has 7 heteroatoms. The smallest absolute Gasteiger partial charge is 0.150 e. The topological polar surface area (TPSA) is 47.0 Å². The lowest BCUT2D eigenvalue weighted by Crippen LogP contribution is -2.37. The van der Waals surface area contributed by atoms with Crippen LogP contribution >= 0.6 is 43.2 Å². The summed E-state index contributed by atoms with van der Waals surface area (Å²) >= 11 is 8.79. The molecule has 2 heterocycles. The first-order valence-electron chi connectivity index (χ1n) is 5.72. The van der Waals surface area contributed by atoms with E-state index >= 15 is 0 Å². The van der Waals surface area contributed by atoms with Crippen molar-refractivity contribution in [3.05, 3.63) is 16.6 Å². The minimum Gasteiger partial charge on any atom is -0.250 e. The third kappa shape index (κ3) is 3.16. The lowest BCUT2D eigenvalue weighted by molar-refractivity contribution is 0.253. The minimum absolute atomic E-state index is 0.0541. The maximum atomic E-state index is 11.7. The molecule has 0 radical (unpaired) electrons. The van der Waals surface area contributed by atoms with Gasteiger partial charge >= 0.3 is 0 Å². The van der Waals surface area contributed by atoms with E-state index in [9.17, 15) is 8.42 Å². The van der Waals surface area contributed by atoms with Crippen LogP contribution in [0.15, 0.2) is 11.6 Å². The van der Waals surface area contributed by atoms with Crippen molar-refractivity contribution in [3.63, 3.8) is 0 Å². The molecule has 1 aromatic rings. The number of rotatable bonds is 5. The summed E-state index contributed by atoms with van der Waals surface area (Å²) in [5, 5.41) is 4.64. The Balaban J connectivity index is 2.21. The quantitative estimate of drug-likeness (QED) is 0.693. The molecule has 2 rings (SSSR count). The zero-order chi connectivity index (χ0) is 13.2. The maximum absolute atomic E-state index is 11.7. The molecule has 0 bridgehead atoms. The third-order valence-electron chi connectivity index (χ3n) is 3.62. The molecular formula is C11H15Br2NO2S2. The van der Waals surface area contributed by atoms with E-state index in [0.717, 1.165) is 28.5 Å². The van der Waals surface area contributed by atoms with Gasteiger partial charge in [-0.1, -0.05) is 31.9 Å². The van der Waals surface area contributed by atoms with Gasteiger partial charge in [-0.05, 0) is 17.8 Å². The summed E-state index contributed by atoms with van der Waals surface area (Å²) in [6.45, 7) is 0. The molecule has 1 atom stereocenters. The average Bonchev–Trinajstić information content (AvgIpc) is 2.95. The molecule has 102 valence electrons. The summed E-state index contributed by atoms with van der Waals surface area (Å²) in [7, 11) is -2.84. The lowest BCUT2D eigenvalue weighted by Gasteiger charge is -2.35. The van der Waals surface area contributed by atoms with E-state index in [4.69, 9.17) is 0 Å². The van der Waals surface area contributed by atoms with Crippen molar-refractivity contribution in [3.8, 4) is 0 Å². The van der Waals surface area contributed by atoms with Crippen molar-refractivity contribution in [2.75, 3.05) is 22.2 Å². The van der Waals surface area contributed by atoms with Crippen LogP contribution in [0.25, 0.3) is 0 Å². The van der Waals surface area contributed by atoms with Crippen LogP contribution in [-0.4, -0.2) is 35.6 Å². The average molecular weight is 417 g/mol. The first-order valence-corrected chi connectivity index (χ1v) is 10.7. The van der Waals surface area contributed by atoms with Crippen LogP contribution in [0.1, 0.15) is 11.4 Å². The molecule has 18 heavy (non-hydrogen) atoms. The zero-order valence-corrected chi connectivity index (χ0v) is 14.6. The SMILES string of the molecule is O=S1(=O)CCC(C(CBr)(CBr)Cc2nccs2)C1. The Morgan fingerprint density at radius 1 is 1.44 bits per heavy atom. The molecule has 1 unspecified atom stereocenters. The van der Waals surface area contributed by atoms with Gasteiger partial charge < -0.3 is 0 Å². The molecule has 0 N–H and O–H groups in total. The summed E-state index contributed by atoms with van der Waals surface area (Å²) in [6, 6.07) is 0. The number of thiazole rings is 1. The van der Waals surface area contributed by atoms with Gasteiger partial charge in [0.25, 0.3) is 0 Å². The highest BCUT2D eigenvalue weighted by molar-refractivity contribution is 9.09. The predicted octanol–water partition coefficient (Wildman–Crippen LogP) is 2.90. The monoisotopic (exact) mass is 415 g/mol. The van der Waals surface area contributed by atoms with Crippen molar-refractivity contribution in [2.24, 2.45) is 11.3 Å². The van der Waals surface area contributed by atoms with E-state index in [1.807, 2.05) is 5.38 Å². The number of halogens is 2. The van der Waals surface area contributed by atoms with E-state index in [-0.39, 0.29) is 11.3 Å². The largest absolute Gasteiger partial charge is 0.250 e. The Labute approximate surface area is 129 Å². The molecular weight excluding hydrogens is 402 g/mol. The van der Waals surface area contributed by atoms with Gasteiger partial charge in [0.05, 0.1) is 16.5 Å². The van der Waals surface area contributed by atoms with Gasteiger partial charge in [-0.25, -0.2) is 13.4 Å². The molecule has 0 aromatic carbocycles. The summed E-state index contributed by atoms with van der Waals surface area (Å²) in [5.74, 6) is 0.859. The van der Waals surface area contributed by atoms with Crippen molar-refractivity contribution < 1.29 is 8.42 Å². The van der Waals surface area contributed by atoms with Crippen molar-refractivity contribution in [1.29, 1.82) is 0 Å². The van der Waals surface area contributed by atoms with E-state index in [1.165, 1.54) is 0 Å². The van der Waals surface area contributed by atoms with E-state index in [0.29, 0.717) is 11.5 Å². The Morgan fingerprint density at radius 2 is 2.17 bits per heavy atom. The van der Waals surface area contributed by atoms with Crippen LogP contribution in [0.4, 0.5) is 0 Å². The van der Waals surface area contributed by atoms with Crippen molar-refractivity contribution >= 4 is 53.0 Å². The lowest BCUT2D eigenvalue weighted by atomic mass is 9.76. The second-order valence-electron chi connectivity index (χ2n) is 4.83.